The summed E-state index contributed by atoms with van der Waals surface area (Å²) in [6.07, 6.45) is 3.84. The second-order valence-electron chi connectivity index (χ2n) is 6.22. The molecule has 2 atom stereocenters. The summed E-state index contributed by atoms with van der Waals surface area (Å²) in [5.74, 6) is 0.915. The van der Waals surface area contributed by atoms with Crippen molar-refractivity contribution in [2.24, 2.45) is 0 Å². The van der Waals surface area contributed by atoms with Gasteiger partial charge in [-0.3, -0.25) is 0 Å². The molecule has 1 saturated heterocycles. The second kappa shape index (κ2) is 7.81. The Morgan fingerprint density at radius 1 is 1.12 bits per heavy atom. The Balaban J connectivity index is 1.73. The van der Waals surface area contributed by atoms with Crippen LogP contribution in [0.15, 0.2) is 52.3 Å². The van der Waals surface area contributed by atoms with Gasteiger partial charge in [-0.05, 0) is 56.6 Å². The van der Waals surface area contributed by atoms with Gasteiger partial charge in [-0.2, -0.15) is 0 Å². The fraction of sp³-hybridized carbons (Fsp3) is 0.368. The molecule has 3 rings (SSSR count). The van der Waals surface area contributed by atoms with E-state index in [1.807, 2.05) is 36.4 Å². The van der Waals surface area contributed by atoms with Crippen LogP contribution < -0.4 is 21.5 Å². The van der Waals surface area contributed by atoms with Crippen molar-refractivity contribution < 1.29 is 4.74 Å². The lowest BCUT2D eigenvalue weighted by atomic mass is 10.0. The molecular weight excluding hydrogens is 318 g/mol. The van der Waals surface area contributed by atoms with Gasteiger partial charge in [0.25, 0.3) is 0 Å². The first kappa shape index (κ1) is 17.0. The lowest BCUT2D eigenvalue weighted by Crippen LogP contribution is -2.44. The molecule has 1 heterocycles. The summed E-state index contributed by atoms with van der Waals surface area (Å²) in [4.78, 5) is 2.14. The third kappa shape index (κ3) is 4.16. The van der Waals surface area contributed by atoms with E-state index in [9.17, 15) is 0 Å². The number of hydrogen-bond acceptors (Lipinski definition) is 5. The van der Waals surface area contributed by atoms with Crippen LogP contribution in [0.25, 0.3) is 0 Å². The molecular formula is C19H25N3OS. The zero-order chi connectivity index (χ0) is 16.9. The van der Waals surface area contributed by atoms with Gasteiger partial charge >= 0.3 is 0 Å². The zero-order valence-electron chi connectivity index (χ0n) is 14.0. The average Bonchev–Trinajstić information content (AvgIpc) is 2.60. The molecule has 2 aromatic rings. The minimum absolute atomic E-state index is 0.142. The number of hydrogen-bond donors (Lipinski definition) is 3. The van der Waals surface area contributed by atoms with Crippen LogP contribution in [0.1, 0.15) is 26.2 Å². The summed E-state index contributed by atoms with van der Waals surface area (Å²) in [6.45, 7) is 3.23. The number of ether oxygens (including phenoxy) is 1. The SMILES string of the molecule is CC(Oc1ccccc1Sc1ccc(N)c(N)c1)C1CCCCN1. The maximum absolute atomic E-state index is 6.27. The number of rotatable bonds is 5. The lowest BCUT2D eigenvalue weighted by molar-refractivity contribution is 0.149. The number of nitrogen functional groups attached to an aromatic ring is 2. The highest BCUT2D eigenvalue weighted by Gasteiger charge is 2.21. The third-order valence-electron chi connectivity index (χ3n) is 4.36. The summed E-state index contributed by atoms with van der Waals surface area (Å²) in [5.41, 5.74) is 12.9. The number of para-hydroxylation sites is 1. The highest BCUT2D eigenvalue weighted by Crippen LogP contribution is 2.37. The fourth-order valence-electron chi connectivity index (χ4n) is 2.94. The Bertz CT molecular complexity index is 686. The normalized spacial score (nSPS) is 19.0. The largest absolute Gasteiger partial charge is 0.488 e. The smallest absolute Gasteiger partial charge is 0.133 e. The average molecular weight is 343 g/mol. The molecule has 2 aromatic carbocycles. The van der Waals surface area contributed by atoms with Crippen LogP contribution in [0.2, 0.25) is 0 Å². The van der Waals surface area contributed by atoms with Gasteiger partial charge in [0.1, 0.15) is 11.9 Å². The van der Waals surface area contributed by atoms with E-state index >= 15 is 0 Å². The molecule has 128 valence electrons. The summed E-state index contributed by atoms with van der Waals surface area (Å²) >= 11 is 1.64. The Kier molecular flexibility index (Phi) is 5.53. The molecule has 0 spiro atoms. The third-order valence-corrected chi connectivity index (χ3v) is 5.41. The number of anilines is 2. The predicted octanol–water partition coefficient (Wildman–Crippen LogP) is 3.91. The molecule has 4 nitrogen and oxygen atoms in total. The minimum Gasteiger partial charge on any atom is -0.488 e. The molecule has 0 saturated carbocycles. The lowest BCUT2D eigenvalue weighted by Gasteiger charge is -2.29. The van der Waals surface area contributed by atoms with Crippen LogP contribution in [0, 0.1) is 0 Å². The topological polar surface area (TPSA) is 73.3 Å². The first-order chi connectivity index (χ1) is 11.6. The van der Waals surface area contributed by atoms with Crippen LogP contribution in [-0.4, -0.2) is 18.7 Å². The minimum atomic E-state index is 0.142. The first-order valence-corrected chi connectivity index (χ1v) is 9.27. The quantitative estimate of drug-likeness (QED) is 0.718. The van der Waals surface area contributed by atoms with Crippen LogP contribution in [-0.2, 0) is 0 Å². The number of benzene rings is 2. The number of nitrogens with two attached hydrogens (primary N) is 2. The molecule has 2 unspecified atom stereocenters. The molecule has 1 aliphatic rings. The fourth-order valence-corrected chi connectivity index (χ4v) is 3.88. The van der Waals surface area contributed by atoms with Crippen molar-refractivity contribution >= 4 is 23.1 Å². The van der Waals surface area contributed by atoms with Crippen molar-refractivity contribution in [3.8, 4) is 5.75 Å². The van der Waals surface area contributed by atoms with E-state index < -0.39 is 0 Å². The molecule has 0 amide bonds. The molecule has 24 heavy (non-hydrogen) atoms. The molecule has 1 aliphatic heterocycles. The monoisotopic (exact) mass is 343 g/mol. The predicted molar refractivity (Wildman–Crippen MR) is 102 cm³/mol. The number of piperidine rings is 1. The van der Waals surface area contributed by atoms with Gasteiger partial charge in [0.15, 0.2) is 0 Å². The van der Waals surface area contributed by atoms with E-state index in [-0.39, 0.29) is 6.10 Å². The highest BCUT2D eigenvalue weighted by molar-refractivity contribution is 7.99. The maximum atomic E-state index is 6.27. The van der Waals surface area contributed by atoms with Crippen molar-refractivity contribution in [3.63, 3.8) is 0 Å². The van der Waals surface area contributed by atoms with Gasteiger partial charge < -0.3 is 21.5 Å². The van der Waals surface area contributed by atoms with Gasteiger partial charge in [0.05, 0.1) is 16.3 Å². The highest BCUT2D eigenvalue weighted by atomic mass is 32.2. The maximum Gasteiger partial charge on any atom is 0.133 e. The molecule has 0 bridgehead atoms. The van der Waals surface area contributed by atoms with Crippen molar-refractivity contribution in [1.29, 1.82) is 0 Å². The van der Waals surface area contributed by atoms with E-state index in [0.29, 0.717) is 17.4 Å². The molecule has 0 radical (unpaired) electrons. The van der Waals surface area contributed by atoms with Crippen molar-refractivity contribution in [1.82, 2.24) is 5.32 Å². The van der Waals surface area contributed by atoms with Crippen LogP contribution >= 0.6 is 11.8 Å². The molecule has 5 N–H and O–H groups in total. The number of nitrogens with one attached hydrogen (secondary N) is 1. The van der Waals surface area contributed by atoms with E-state index in [1.165, 1.54) is 19.3 Å². The van der Waals surface area contributed by atoms with E-state index in [4.69, 9.17) is 16.2 Å². The van der Waals surface area contributed by atoms with Gasteiger partial charge in [-0.25, -0.2) is 0 Å². The molecule has 1 fully saturated rings. The Morgan fingerprint density at radius 2 is 1.96 bits per heavy atom. The Hall–Kier alpha value is -1.85. The van der Waals surface area contributed by atoms with Gasteiger partial charge in [-0.15, -0.1) is 0 Å². The summed E-state index contributed by atoms with van der Waals surface area (Å²) in [6, 6.07) is 14.3. The Labute approximate surface area is 148 Å². The van der Waals surface area contributed by atoms with Crippen LogP contribution in [0.3, 0.4) is 0 Å². The van der Waals surface area contributed by atoms with Gasteiger partial charge in [-0.1, -0.05) is 30.3 Å². The van der Waals surface area contributed by atoms with Crippen LogP contribution in [0.4, 0.5) is 11.4 Å². The first-order valence-electron chi connectivity index (χ1n) is 8.45. The van der Waals surface area contributed by atoms with Gasteiger partial charge in [0.2, 0.25) is 0 Å². The summed E-state index contributed by atoms with van der Waals surface area (Å²) < 4.78 is 6.27. The summed E-state index contributed by atoms with van der Waals surface area (Å²) in [5, 5.41) is 3.56. The Morgan fingerprint density at radius 3 is 2.71 bits per heavy atom. The van der Waals surface area contributed by atoms with Crippen LogP contribution in [0.5, 0.6) is 5.75 Å². The van der Waals surface area contributed by atoms with E-state index in [2.05, 4.69) is 18.3 Å². The summed E-state index contributed by atoms with van der Waals surface area (Å²) in [7, 11) is 0. The van der Waals surface area contributed by atoms with Crippen molar-refractivity contribution in [2.45, 2.75) is 48.1 Å². The van der Waals surface area contributed by atoms with E-state index in [1.54, 1.807) is 11.8 Å². The van der Waals surface area contributed by atoms with Crippen molar-refractivity contribution in [3.05, 3.63) is 42.5 Å². The standard InChI is InChI=1S/C19H25N3OS/c1-13(17-6-4-5-11-22-17)23-18-7-2-3-8-19(18)24-14-9-10-15(20)16(21)12-14/h2-3,7-10,12-13,17,22H,4-6,11,20-21H2,1H3. The zero-order valence-corrected chi connectivity index (χ0v) is 14.8. The second-order valence-corrected chi connectivity index (χ2v) is 7.33. The molecule has 0 aliphatic carbocycles. The van der Waals surface area contributed by atoms with Crippen molar-refractivity contribution in [2.75, 3.05) is 18.0 Å². The van der Waals surface area contributed by atoms with Gasteiger partial charge in [0, 0.05) is 10.9 Å². The van der Waals surface area contributed by atoms with E-state index in [0.717, 1.165) is 22.1 Å². The molecule has 5 heteroatoms. The molecule has 0 aromatic heterocycles.